The van der Waals surface area contributed by atoms with Crippen molar-refractivity contribution in [2.75, 3.05) is 23.5 Å². The van der Waals surface area contributed by atoms with Crippen LogP contribution in [-0.2, 0) is 0 Å². The quantitative estimate of drug-likeness (QED) is 0.388. The Balaban J connectivity index is 2.43. The summed E-state index contributed by atoms with van der Waals surface area (Å²) in [6.45, 7) is 0.204. The van der Waals surface area contributed by atoms with Crippen molar-refractivity contribution in [3.8, 4) is 0 Å². The number of nitrogens with one attached hydrogen (secondary N) is 1. The highest BCUT2D eigenvalue weighted by atomic mass is 16.6. The minimum Gasteiger partial charge on any atom is -0.395 e. The predicted molar refractivity (Wildman–Crippen MR) is 73.2 cm³/mol. The fraction of sp³-hybridized carbons (Fsp3) is 0.636. The summed E-state index contributed by atoms with van der Waals surface area (Å²) in [6, 6.07) is 0.154. The van der Waals surface area contributed by atoms with Crippen LogP contribution in [0.3, 0.4) is 0 Å². The van der Waals surface area contributed by atoms with Gasteiger partial charge in [0, 0.05) is 12.6 Å². The van der Waals surface area contributed by atoms with E-state index in [1.165, 1.54) is 6.33 Å². The molecule has 0 spiro atoms. The molecule has 0 atom stereocenters. The molecule has 0 radical (unpaired) electrons. The second-order valence-electron chi connectivity index (χ2n) is 4.65. The minimum absolute atomic E-state index is 0.0269. The minimum atomic E-state index is -0.552. The molecule has 0 bridgehead atoms. The number of nitrogens with zero attached hydrogens (tertiary/aromatic N) is 4. The van der Waals surface area contributed by atoms with Gasteiger partial charge in [-0.25, -0.2) is 15.8 Å². The van der Waals surface area contributed by atoms with Gasteiger partial charge in [-0.05, 0) is 12.8 Å². The topological polar surface area (TPSA) is 130 Å². The van der Waals surface area contributed by atoms with Crippen molar-refractivity contribution in [3.05, 3.63) is 16.4 Å². The Labute approximate surface area is 115 Å². The first kappa shape index (κ1) is 14.4. The summed E-state index contributed by atoms with van der Waals surface area (Å²) in [4.78, 5) is 20.3. The van der Waals surface area contributed by atoms with Gasteiger partial charge in [0.1, 0.15) is 6.33 Å². The van der Waals surface area contributed by atoms with Crippen molar-refractivity contribution in [1.29, 1.82) is 0 Å². The fourth-order valence-electron chi connectivity index (χ4n) is 2.64. The van der Waals surface area contributed by atoms with E-state index in [-0.39, 0.29) is 30.0 Å². The van der Waals surface area contributed by atoms with Gasteiger partial charge in [0.05, 0.1) is 11.5 Å². The number of hydrogen-bond donors (Lipinski definition) is 3. The highest BCUT2D eigenvalue weighted by Crippen LogP contribution is 2.35. The number of aliphatic hydroxyl groups excluding tert-OH is 1. The third kappa shape index (κ3) is 2.78. The monoisotopic (exact) mass is 282 g/mol. The van der Waals surface area contributed by atoms with E-state index in [2.05, 4.69) is 15.4 Å². The highest BCUT2D eigenvalue weighted by molar-refractivity contribution is 5.70. The van der Waals surface area contributed by atoms with Crippen molar-refractivity contribution in [3.63, 3.8) is 0 Å². The van der Waals surface area contributed by atoms with E-state index < -0.39 is 4.92 Å². The van der Waals surface area contributed by atoms with Gasteiger partial charge < -0.3 is 15.4 Å². The Morgan fingerprint density at radius 1 is 1.50 bits per heavy atom. The standard InChI is InChI=1S/C11H18N6O3/c12-15-10-9(17(19)20)11(14-7-13-10)16(5-6-18)8-3-1-2-4-8/h7-8,18H,1-6,12H2,(H,13,14,15). The molecule has 20 heavy (non-hydrogen) atoms. The molecule has 1 aliphatic carbocycles. The maximum Gasteiger partial charge on any atom is 0.354 e. The Morgan fingerprint density at radius 2 is 2.20 bits per heavy atom. The number of aromatic nitrogens is 2. The Morgan fingerprint density at radius 3 is 2.75 bits per heavy atom. The smallest absolute Gasteiger partial charge is 0.354 e. The first-order chi connectivity index (χ1) is 9.69. The van der Waals surface area contributed by atoms with E-state index in [0.29, 0.717) is 6.54 Å². The number of nitrogen functional groups attached to an aromatic ring is 1. The molecule has 1 saturated carbocycles. The summed E-state index contributed by atoms with van der Waals surface area (Å²) < 4.78 is 0. The Hall–Kier alpha value is -2.00. The Kier molecular flexibility index (Phi) is 4.64. The number of aliphatic hydroxyl groups is 1. The van der Waals surface area contributed by atoms with Crippen LogP contribution in [-0.4, -0.2) is 39.2 Å². The van der Waals surface area contributed by atoms with Gasteiger partial charge in [-0.15, -0.1) is 0 Å². The molecule has 0 saturated heterocycles. The van der Waals surface area contributed by atoms with E-state index in [4.69, 9.17) is 5.84 Å². The normalized spacial score (nSPS) is 15.3. The van der Waals surface area contributed by atoms with Crippen LogP contribution in [0.4, 0.5) is 17.3 Å². The molecular weight excluding hydrogens is 264 g/mol. The first-order valence-corrected chi connectivity index (χ1v) is 6.52. The van der Waals surface area contributed by atoms with Crippen LogP contribution in [0.2, 0.25) is 0 Å². The van der Waals surface area contributed by atoms with Gasteiger partial charge in [0.2, 0.25) is 11.6 Å². The van der Waals surface area contributed by atoms with Crippen molar-refractivity contribution in [2.45, 2.75) is 31.7 Å². The number of nitro groups is 1. The van der Waals surface area contributed by atoms with Gasteiger partial charge in [-0.2, -0.15) is 0 Å². The summed E-state index contributed by atoms with van der Waals surface area (Å²) in [6.07, 6.45) is 5.26. The number of nitrogens with two attached hydrogens (primary N) is 1. The maximum absolute atomic E-state index is 11.3. The average molecular weight is 282 g/mol. The van der Waals surface area contributed by atoms with E-state index in [9.17, 15) is 15.2 Å². The van der Waals surface area contributed by atoms with E-state index in [0.717, 1.165) is 25.7 Å². The van der Waals surface area contributed by atoms with Crippen molar-refractivity contribution in [2.24, 2.45) is 5.84 Å². The molecule has 0 unspecified atom stereocenters. The summed E-state index contributed by atoms with van der Waals surface area (Å²) in [5, 5.41) is 20.5. The highest BCUT2D eigenvalue weighted by Gasteiger charge is 2.31. The zero-order chi connectivity index (χ0) is 14.5. The van der Waals surface area contributed by atoms with E-state index in [1.54, 1.807) is 4.90 Å². The van der Waals surface area contributed by atoms with Gasteiger partial charge in [-0.1, -0.05) is 12.8 Å². The van der Waals surface area contributed by atoms with Crippen molar-refractivity contribution >= 4 is 17.3 Å². The van der Waals surface area contributed by atoms with Crippen LogP contribution < -0.4 is 16.2 Å². The van der Waals surface area contributed by atoms with Crippen molar-refractivity contribution < 1.29 is 10.0 Å². The van der Waals surface area contributed by atoms with Crippen molar-refractivity contribution in [1.82, 2.24) is 9.97 Å². The zero-order valence-corrected chi connectivity index (χ0v) is 11.0. The molecule has 9 heteroatoms. The molecule has 0 aromatic carbocycles. The van der Waals surface area contributed by atoms with Crippen LogP contribution in [0.5, 0.6) is 0 Å². The molecule has 4 N–H and O–H groups in total. The van der Waals surface area contributed by atoms with Crippen LogP contribution in [0.1, 0.15) is 25.7 Å². The van der Waals surface area contributed by atoms with E-state index in [1.807, 2.05) is 0 Å². The summed E-state index contributed by atoms with van der Waals surface area (Å²) >= 11 is 0. The molecule has 110 valence electrons. The van der Waals surface area contributed by atoms with Gasteiger partial charge in [0.25, 0.3) is 0 Å². The second kappa shape index (κ2) is 6.44. The number of anilines is 2. The third-order valence-electron chi connectivity index (χ3n) is 3.50. The molecule has 1 aliphatic rings. The molecule has 0 amide bonds. The van der Waals surface area contributed by atoms with Gasteiger partial charge in [0.15, 0.2) is 0 Å². The molecule has 9 nitrogen and oxygen atoms in total. The SMILES string of the molecule is NNc1ncnc(N(CCO)C2CCCC2)c1[N+](=O)[O-]. The molecule has 0 aliphatic heterocycles. The van der Waals surface area contributed by atoms with Crippen LogP contribution in [0.25, 0.3) is 0 Å². The lowest BCUT2D eigenvalue weighted by Gasteiger charge is -2.29. The lowest BCUT2D eigenvalue weighted by molar-refractivity contribution is -0.383. The molecule has 1 aromatic rings. The zero-order valence-electron chi connectivity index (χ0n) is 11.0. The summed E-state index contributed by atoms with van der Waals surface area (Å²) in [5.74, 6) is 5.45. The van der Waals surface area contributed by atoms with Gasteiger partial charge in [-0.3, -0.25) is 10.1 Å². The third-order valence-corrected chi connectivity index (χ3v) is 3.50. The maximum atomic E-state index is 11.3. The number of hydrazine groups is 1. The lowest BCUT2D eigenvalue weighted by atomic mass is 10.2. The molecule has 2 rings (SSSR count). The van der Waals surface area contributed by atoms with Crippen LogP contribution >= 0.6 is 0 Å². The largest absolute Gasteiger partial charge is 0.395 e. The number of hydrogen-bond acceptors (Lipinski definition) is 8. The predicted octanol–water partition coefficient (Wildman–Crippen LogP) is 0.412. The average Bonchev–Trinajstić information content (AvgIpc) is 2.97. The summed E-state index contributed by atoms with van der Waals surface area (Å²) in [7, 11) is 0. The molecule has 1 aromatic heterocycles. The molecule has 1 heterocycles. The fourth-order valence-corrected chi connectivity index (χ4v) is 2.64. The first-order valence-electron chi connectivity index (χ1n) is 6.52. The second-order valence-corrected chi connectivity index (χ2v) is 4.65. The molecule has 1 fully saturated rings. The molecular formula is C11H18N6O3. The lowest BCUT2D eigenvalue weighted by Crippen LogP contribution is -2.37. The van der Waals surface area contributed by atoms with Crippen LogP contribution in [0, 0.1) is 10.1 Å². The number of rotatable bonds is 6. The summed E-state index contributed by atoms with van der Waals surface area (Å²) in [5.41, 5.74) is 1.97. The van der Waals surface area contributed by atoms with Crippen LogP contribution in [0.15, 0.2) is 6.33 Å². The van der Waals surface area contributed by atoms with Gasteiger partial charge >= 0.3 is 5.69 Å². The van der Waals surface area contributed by atoms with E-state index >= 15 is 0 Å². The Bertz CT molecular complexity index is 477.